The van der Waals surface area contributed by atoms with Gasteiger partial charge in [0.1, 0.15) is 23.4 Å². The van der Waals surface area contributed by atoms with Gasteiger partial charge in [0, 0.05) is 147 Å². The molecule has 0 spiro atoms. The zero-order valence-corrected chi connectivity index (χ0v) is 92.0. The van der Waals surface area contributed by atoms with Gasteiger partial charge < -0.3 is 69.6 Å². The minimum Gasteiger partial charge on any atom is -0.512 e. The standard InChI is InChI=1S/C26H22N3O.C26H20NO.C25H20NOSi.C23H18N4O2.C13H26O2.C9H18O2.3Ir/c1-28-23-8-4-5-9-24(23)29(2)26-21(7-6-10-25(26)28)22-16-13-19(17-27-22)18-11-14-20(30-3)15-12-18;1-26(2)21-12-6-7-13-23(21)28-24-14-8-11-20(25(24)26)22-16-15-19(17-27-22)18-9-4-3-5-10-18;1-28(2)24-14-7-6-12-22(24)27-23-13-8-11-20(25(23)28)21-17-19(15-16-26-21)18-9-4-3-5-10-18;28-20(22-24-12-18(13-25-22)16-7-3-1-4-8-16)11-21(29)23-26-14-19(15-27-23)17-9-5-2-6-10-17;1-5-10(6-2)12(14)9-13(15)11(7-3)8-4;1-6(2)8(10)5-9(11)7(3)4;;;/h4-6,8-17H,1-3H3;2*3-10,12-17H,1-2H3;1-15,20,28-29H;9-12,14-15H,5-8H2,1-4H3;5-8,10-11H,1-4H3;;;/q3*-1;;;;;;. The van der Waals surface area contributed by atoms with Gasteiger partial charge in [0.05, 0.1) is 56.0 Å². The molecule has 6 N–H and O–H groups in total. The first kappa shape index (κ1) is 111. The minimum absolute atomic E-state index is 0. The Kier molecular flexibility index (Phi) is 40.3. The van der Waals surface area contributed by atoms with Gasteiger partial charge in [-0.1, -0.05) is 324 Å². The molecule has 0 bridgehead atoms. The summed E-state index contributed by atoms with van der Waals surface area (Å²) >= 11 is 0. The van der Waals surface area contributed by atoms with Gasteiger partial charge in [0.15, 0.2) is 17.4 Å². The van der Waals surface area contributed by atoms with Crippen LogP contribution in [0.3, 0.4) is 0 Å². The predicted molar refractivity (Wildman–Crippen MR) is 575 cm³/mol. The van der Waals surface area contributed by atoms with Crippen LogP contribution >= 0.6 is 0 Å². The van der Waals surface area contributed by atoms with Crippen molar-refractivity contribution in [3.05, 3.63) is 405 Å². The first-order chi connectivity index (χ1) is 68.2. The summed E-state index contributed by atoms with van der Waals surface area (Å²) in [4.78, 5) is 35.5. The van der Waals surface area contributed by atoms with Crippen LogP contribution in [-0.4, -0.2) is 107 Å². The number of pyridine rings is 3. The summed E-state index contributed by atoms with van der Waals surface area (Å²) in [5, 5.41) is 61.4. The Hall–Kier alpha value is -13.3. The summed E-state index contributed by atoms with van der Waals surface area (Å²) in [6, 6.07) is 108. The number of aromatic nitrogens is 7. The molecule has 0 amide bonds. The van der Waals surface area contributed by atoms with Crippen LogP contribution in [0, 0.1) is 41.9 Å². The zero-order valence-electron chi connectivity index (χ0n) is 83.8. The fraction of sp³-hybridized carbons (Fsp3) is 0.221. The molecule has 19 rings (SSSR count). The number of aliphatic hydroxyl groups is 6. The topological polar surface area (TPSA) is 246 Å². The predicted octanol–water partition coefficient (Wildman–Crippen LogP) is 27.9. The Morgan fingerprint density at radius 2 is 0.868 bits per heavy atom. The molecule has 0 saturated heterocycles. The first-order valence-electron chi connectivity index (χ1n) is 48.1. The van der Waals surface area contributed by atoms with Crippen molar-refractivity contribution in [3.8, 4) is 118 Å². The number of aliphatic hydroxyl groups excluding tert-OH is 6. The maximum atomic E-state index is 10.3. The largest absolute Gasteiger partial charge is 0.512 e. The molecular weight excluding hydrogens is 2340 g/mol. The van der Waals surface area contributed by atoms with E-state index in [0.717, 1.165) is 150 Å². The molecule has 3 aliphatic heterocycles. The van der Waals surface area contributed by atoms with Gasteiger partial charge in [-0.25, -0.2) is 19.9 Å². The van der Waals surface area contributed by atoms with Crippen molar-refractivity contribution in [2.45, 2.75) is 132 Å². The minimum atomic E-state index is -1.95. The fourth-order valence-electron chi connectivity index (χ4n) is 17.5. The molecular formula is C122H124Ir3N9O9Si-3. The second kappa shape index (κ2) is 52.3. The smallest absolute Gasteiger partial charge is 0.194 e. The molecule has 3 radical (unpaired) electrons. The number of nitrogens with zero attached hydrogens (tertiary/aromatic N) is 9. The number of hydrogen-bond donors (Lipinski definition) is 6. The van der Waals surface area contributed by atoms with Crippen LogP contribution in [0.5, 0.6) is 28.7 Å². The molecule has 745 valence electrons. The average Bonchev–Trinajstić information content (AvgIpc) is 0.736. The van der Waals surface area contributed by atoms with Gasteiger partial charge in [-0.15, -0.1) is 65.7 Å². The van der Waals surface area contributed by atoms with E-state index >= 15 is 0 Å². The van der Waals surface area contributed by atoms with Crippen molar-refractivity contribution < 1.29 is 105 Å². The molecule has 3 unspecified atom stereocenters. The molecule has 0 saturated carbocycles. The van der Waals surface area contributed by atoms with Crippen molar-refractivity contribution in [2.75, 3.05) is 31.0 Å². The number of para-hydroxylation sites is 4. The molecule has 16 aromatic rings. The van der Waals surface area contributed by atoms with Crippen LogP contribution in [0.25, 0.3) is 95.2 Å². The van der Waals surface area contributed by atoms with E-state index in [4.69, 9.17) is 29.2 Å². The van der Waals surface area contributed by atoms with E-state index in [1.165, 1.54) is 50.6 Å². The Balaban J connectivity index is 0.000000168. The summed E-state index contributed by atoms with van der Waals surface area (Å²) in [5.41, 5.74) is 23.0. The Morgan fingerprint density at radius 1 is 0.417 bits per heavy atom. The van der Waals surface area contributed by atoms with E-state index < -0.39 is 26.4 Å². The van der Waals surface area contributed by atoms with Gasteiger partial charge in [-0.05, 0) is 174 Å². The number of fused-ring (bicyclic) bond motifs is 6. The molecule has 11 aromatic carbocycles. The normalized spacial score (nSPS) is 13.3. The molecule has 0 fully saturated rings. The third kappa shape index (κ3) is 26.8. The number of hydrogen-bond acceptors (Lipinski definition) is 18. The Morgan fingerprint density at radius 3 is 1.40 bits per heavy atom. The van der Waals surface area contributed by atoms with E-state index in [1.807, 2.05) is 204 Å². The molecule has 0 aliphatic carbocycles. The molecule has 3 atom stereocenters. The summed E-state index contributed by atoms with van der Waals surface area (Å²) in [5.74, 6) is 5.98. The molecule has 144 heavy (non-hydrogen) atoms. The Bertz CT molecular complexity index is 6910. The molecule has 3 aliphatic rings. The number of methoxy groups -OCH3 is 1. The summed E-state index contributed by atoms with van der Waals surface area (Å²) in [7, 11) is 3.93. The second-order valence-electron chi connectivity index (χ2n) is 36.6. The molecule has 22 heteroatoms. The second-order valence-corrected chi connectivity index (χ2v) is 40.9. The number of allylic oxidation sites excluding steroid dienone is 2. The van der Waals surface area contributed by atoms with E-state index in [2.05, 4.69) is 250 Å². The van der Waals surface area contributed by atoms with E-state index in [-0.39, 0.29) is 113 Å². The number of benzene rings is 11. The van der Waals surface area contributed by atoms with Gasteiger partial charge >= 0.3 is 0 Å². The average molecular weight is 2470 g/mol. The van der Waals surface area contributed by atoms with Crippen molar-refractivity contribution in [1.29, 1.82) is 0 Å². The summed E-state index contributed by atoms with van der Waals surface area (Å²) in [6.45, 7) is 25.1. The van der Waals surface area contributed by atoms with Gasteiger partial charge in [-0.3, -0.25) is 0 Å². The summed E-state index contributed by atoms with van der Waals surface area (Å²) < 4.78 is 17.7. The number of ether oxygens (including phenoxy) is 3. The molecule has 5 aromatic heterocycles. The van der Waals surface area contributed by atoms with Crippen LogP contribution in [0.4, 0.5) is 22.7 Å². The van der Waals surface area contributed by atoms with Crippen LogP contribution < -0.4 is 34.4 Å². The maximum absolute atomic E-state index is 10.3. The van der Waals surface area contributed by atoms with Crippen molar-refractivity contribution in [3.63, 3.8) is 0 Å². The van der Waals surface area contributed by atoms with Crippen molar-refractivity contribution in [1.82, 2.24) is 34.9 Å². The third-order valence-electron chi connectivity index (χ3n) is 25.9. The molecule has 18 nitrogen and oxygen atoms in total. The van der Waals surface area contributed by atoms with Crippen molar-refractivity contribution >= 4 is 47.0 Å². The van der Waals surface area contributed by atoms with Crippen LogP contribution in [-0.2, 0) is 65.7 Å². The monoisotopic (exact) mass is 2470 g/mol. The van der Waals surface area contributed by atoms with E-state index in [1.54, 1.807) is 38.0 Å². The van der Waals surface area contributed by atoms with Gasteiger partial charge in [0.25, 0.3) is 0 Å². The van der Waals surface area contributed by atoms with Gasteiger partial charge in [-0.2, -0.15) is 0 Å². The Labute approximate surface area is 889 Å². The first-order valence-corrected chi connectivity index (χ1v) is 51.1. The zero-order chi connectivity index (χ0) is 99.9. The van der Waals surface area contributed by atoms with E-state index in [9.17, 15) is 30.6 Å². The number of anilines is 4. The molecule has 8 heterocycles. The fourth-order valence-corrected chi connectivity index (χ4v) is 20.6. The van der Waals surface area contributed by atoms with Crippen LogP contribution in [0.1, 0.15) is 124 Å². The third-order valence-corrected chi connectivity index (χ3v) is 29.4. The van der Waals surface area contributed by atoms with Crippen LogP contribution in [0.15, 0.2) is 364 Å². The summed E-state index contributed by atoms with van der Waals surface area (Å²) in [6.07, 6.45) is 18.2. The van der Waals surface area contributed by atoms with Crippen molar-refractivity contribution in [2.24, 2.45) is 23.7 Å². The SMILES string of the molecule is CC(C)C(O)=CC(O)C(C)C.CC1(C)c2ccccc2Oc2cc[c-]c(-c3ccc(-c4ccccc4)cn3)c21.CCC(CC)C(O)=CC(O)C(CC)CC.COc1ccc(-c2ccc(-c3[c-]ccc4c3N(C)c3ccccc3N4C)nc2)cc1.C[Si]1(C)c2ccccc2Oc2cc[c-]c(-c3cc(-c4ccccc4)ccn3)c21.OC(=CC(O)c1ncc(-c2ccccc2)cn1)c1ncc(-c2ccccc2)cn1.[Ir].[Ir].[Ir]. The van der Waals surface area contributed by atoms with Gasteiger partial charge in [0.2, 0.25) is 0 Å². The quantitative estimate of drug-likeness (QED) is 0.0210. The number of rotatable bonds is 22. The van der Waals surface area contributed by atoms with E-state index in [0.29, 0.717) is 5.76 Å². The maximum Gasteiger partial charge on any atom is 0.194 e. The van der Waals surface area contributed by atoms with Crippen LogP contribution in [0.2, 0.25) is 13.1 Å².